The molecule has 1 rings (SSSR count). The average molecular weight is 230 g/mol. The first kappa shape index (κ1) is 9.71. The van der Waals surface area contributed by atoms with Crippen molar-refractivity contribution in [2.24, 2.45) is 0 Å². The molecule has 1 unspecified atom stereocenters. The van der Waals surface area contributed by atoms with E-state index >= 15 is 0 Å². The normalized spacial score (nSPS) is 12.9. The highest BCUT2D eigenvalue weighted by molar-refractivity contribution is 9.10. The Bertz CT molecular complexity index is 231. The zero-order valence-electron chi connectivity index (χ0n) is 7.17. The molecule has 0 aliphatic carbocycles. The van der Waals surface area contributed by atoms with E-state index in [2.05, 4.69) is 21.2 Å². The molecule has 1 aromatic rings. The molecule has 2 nitrogen and oxygen atoms in total. The van der Waals surface area contributed by atoms with Crippen LogP contribution in [0, 0.1) is 0 Å². The second-order valence-electron chi connectivity index (χ2n) is 2.46. The van der Waals surface area contributed by atoms with Crippen LogP contribution in [-0.4, -0.2) is 14.2 Å². The molecule has 0 bridgehead atoms. The van der Waals surface area contributed by atoms with E-state index in [1.165, 1.54) is 0 Å². The molecule has 12 heavy (non-hydrogen) atoms. The van der Waals surface area contributed by atoms with Gasteiger partial charge in [0.15, 0.2) is 0 Å². The Balaban J connectivity index is 2.80. The van der Waals surface area contributed by atoms with Crippen molar-refractivity contribution in [2.75, 3.05) is 14.2 Å². The monoisotopic (exact) mass is 229 g/mol. The molecule has 0 saturated carbocycles. The number of hydrogen-bond donors (Lipinski definition) is 1. The standard InChI is InChI=1S/C9H12BrNO/c1-11-9(12-2)7-3-5-8(10)6-4-7/h3-6,9,11H,1-2H3. The minimum atomic E-state index is -0.0156. The molecule has 0 aliphatic rings. The van der Waals surface area contributed by atoms with E-state index in [9.17, 15) is 0 Å². The van der Waals surface area contributed by atoms with Gasteiger partial charge in [-0.1, -0.05) is 28.1 Å². The molecule has 0 heterocycles. The van der Waals surface area contributed by atoms with E-state index in [1.807, 2.05) is 31.3 Å². The number of hydrogen-bond acceptors (Lipinski definition) is 2. The predicted octanol–water partition coefficient (Wildman–Crippen LogP) is 2.31. The Morgan fingerprint density at radius 2 is 1.92 bits per heavy atom. The summed E-state index contributed by atoms with van der Waals surface area (Å²) in [5.41, 5.74) is 1.13. The van der Waals surface area contributed by atoms with Gasteiger partial charge in [0.2, 0.25) is 0 Å². The van der Waals surface area contributed by atoms with Gasteiger partial charge in [-0.05, 0) is 24.7 Å². The molecule has 0 radical (unpaired) electrons. The summed E-state index contributed by atoms with van der Waals surface area (Å²) in [5, 5.41) is 3.05. The lowest BCUT2D eigenvalue weighted by atomic mass is 10.2. The molecular formula is C9H12BrNO. The van der Waals surface area contributed by atoms with Crippen LogP contribution < -0.4 is 5.32 Å². The summed E-state index contributed by atoms with van der Waals surface area (Å²) in [6.45, 7) is 0. The fourth-order valence-electron chi connectivity index (χ4n) is 1.06. The Morgan fingerprint density at radius 1 is 1.33 bits per heavy atom. The molecule has 0 saturated heterocycles. The van der Waals surface area contributed by atoms with Crippen molar-refractivity contribution in [3.05, 3.63) is 34.3 Å². The molecule has 3 heteroatoms. The molecule has 0 aliphatic heterocycles. The number of methoxy groups -OCH3 is 1. The maximum Gasteiger partial charge on any atom is 0.133 e. The van der Waals surface area contributed by atoms with Gasteiger partial charge in [0.1, 0.15) is 6.23 Å². The minimum Gasteiger partial charge on any atom is -0.362 e. The Hall–Kier alpha value is -0.380. The maximum absolute atomic E-state index is 5.20. The predicted molar refractivity (Wildman–Crippen MR) is 53.0 cm³/mol. The summed E-state index contributed by atoms with van der Waals surface area (Å²) in [4.78, 5) is 0. The second-order valence-corrected chi connectivity index (χ2v) is 3.37. The minimum absolute atomic E-state index is 0.0156. The van der Waals surface area contributed by atoms with Gasteiger partial charge in [-0.25, -0.2) is 0 Å². The Kier molecular flexibility index (Phi) is 3.72. The van der Waals surface area contributed by atoms with Crippen molar-refractivity contribution in [3.8, 4) is 0 Å². The van der Waals surface area contributed by atoms with Crippen LogP contribution in [0.2, 0.25) is 0 Å². The fraction of sp³-hybridized carbons (Fsp3) is 0.333. The Labute approximate surface area is 81.1 Å². The molecule has 0 aromatic heterocycles. The highest BCUT2D eigenvalue weighted by Gasteiger charge is 2.05. The summed E-state index contributed by atoms with van der Waals surface area (Å²) < 4.78 is 6.28. The first-order chi connectivity index (χ1) is 5.77. The number of nitrogens with one attached hydrogen (secondary N) is 1. The third-order valence-corrected chi connectivity index (χ3v) is 2.20. The number of halogens is 1. The topological polar surface area (TPSA) is 21.3 Å². The van der Waals surface area contributed by atoms with Gasteiger partial charge in [-0.2, -0.15) is 0 Å². The van der Waals surface area contributed by atoms with Crippen molar-refractivity contribution >= 4 is 15.9 Å². The molecule has 66 valence electrons. The number of benzene rings is 1. The summed E-state index contributed by atoms with van der Waals surface area (Å²) in [5.74, 6) is 0. The van der Waals surface area contributed by atoms with Crippen LogP contribution in [0.3, 0.4) is 0 Å². The van der Waals surface area contributed by atoms with E-state index in [1.54, 1.807) is 7.11 Å². The summed E-state index contributed by atoms with van der Waals surface area (Å²) in [6.07, 6.45) is -0.0156. The summed E-state index contributed by atoms with van der Waals surface area (Å²) in [7, 11) is 3.55. The molecular weight excluding hydrogens is 218 g/mol. The second kappa shape index (κ2) is 4.60. The molecule has 0 amide bonds. The number of rotatable bonds is 3. The first-order valence-corrected chi connectivity index (χ1v) is 4.52. The van der Waals surface area contributed by atoms with Crippen LogP contribution in [0.5, 0.6) is 0 Å². The van der Waals surface area contributed by atoms with Gasteiger partial charge in [-0.15, -0.1) is 0 Å². The molecule has 0 spiro atoms. The summed E-state index contributed by atoms with van der Waals surface area (Å²) >= 11 is 3.38. The van der Waals surface area contributed by atoms with Crippen LogP contribution in [0.25, 0.3) is 0 Å². The third kappa shape index (κ3) is 2.30. The van der Waals surface area contributed by atoms with Crippen molar-refractivity contribution in [1.29, 1.82) is 0 Å². The first-order valence-electron chi connectivity index (χ1n) is 3.73. The van der Waals surface area contributed by atoms with Crippen LogP contribution in [-0.2, 0) is 4.74 Å². The smallest absolute Gasteiger partial charge is 0.133 e. The van der Waals surface area contributed by atoms with E-state index < -0.39 is 0 Å². The van der Waals surface area contributed by atoms with E-state index in [0.717, 1.165) is 10.0 Å². The highest BCUT2D eigenvalue weighted by Crippen LogP contribution is 2.16. The van der Waals surface area contributed by atoms with E-state index in [0.29, 0.717) is 0 Å². The molecule has 1 N–H and O–H groups in total. The third-order valence-electron chi connectivity index (χ3n) is 1.67. The van der Waals surface area contributed by atoms with E-state index in [-0.39, 0.29) is 6.23 Å². The van der Waals surface area contributed by atoms with Crippen LogP contribution >= 0.6 is 15.9 Å². The van der Waals surface area contributed by atoms with Gasteiger partial charge < -0.3 is 4.74 Å². The fourth-order valence-corrected chi connectivity index (χ4v) is 1.32. The van der Waals surface area contributed by atoms with Gasteiger partial charge >= 0.3 is 0 Å². The lowest BCUT2D eigenvalue weighted by molar-refractivity contribution is 0.0809. The summed E-state index contributed by atoms with van der Waals surface area (Å²) in [6, 6.07) is 8.04. The van der Waals surface area contributed by atoms with Crippen molar-refractivity contribution in [2.45, 2.75) is 6.23 Å². The van der Waals surface area contributed by atoms with Gasteiger partial charge in [0, 0.05) is 11.6 Å². The lowest BCUT2D eigenvalue weighted by Gasteiger charge is -2.14. The van der Waals surface area contributed by atoms with Gasteiger partial charge in [0.25, 0.3) is 0 Å². The lowest BCUT2D eigenvalue weighted by Crippen LogP contribution is -2.17. The molecule has 1 aromatic carbocycles. The molecule has 1 atom stereocenters. The Morgan fingerprint density at radius 3 is 2.33 bits per heavy atom. The number of ether oxygens (including phenoxy) is 1. The van der Waals surface area contributed by atoms with Crippen molar-refractivity contribution in [1.82, 2.24) is 5.32 Å². The highest BCUT2D eigenvalue weighted by atomic mass is 79.9. The SMILES string of the molecule is CNC(OC)c1ccc(Br)cc1. The van der Waals surface area contributed by atoms with Gasteiger partial charge in [0.05, 0.1) is 0 Å². The van der Waals surface area contributed by atoms with Crippen LogP contribution in [0.4, 0.5) is 0 Å². The zero-order chi connectivity index (χ0) is 8.97. The zero-order valence-corrected chi connectivity index (χ0v) is 8.76. The van der Waals surface area contributed by atoms with Crippen LogP contribution in [0.15, 0.2) is 28.7 Å². The molecule has 0 fully saturated rings. The largest absolute Gasteiger partial charge is 0.362 e. The quantitative estimate of drug-likeness (QED) is 0.804. The van der Waals surface area contributed by atoms with Crippen molar-refractivity contribution in [3.63, 3.8) is 0 Å². The maximum atomic E-state index is 5.20. The van der Waals surface area contributed by atoms with E-state index in [4.69, 9.17) is 4.74 Å². The van der Waals surface area contributed by atoms with Crippen molar-refractivity contribution < 1.29 is 4.74 Å². The average Bonchev–Trinajstić information content (AvgIpc) is 2.10. The van der Waals surface area contributed by atoms with Gasteiger partial charge in [-0.3, -0.25) is 5.32 Å². The van der Waals surface area contributed by atoms with Crippen LogP contribution in [0.1, 0.15) is 11.8 Å².